The molecule has 2 amide bonds. The number of rotatable bonds is 11. The van der Waals surface area contributed by atoms with E-state index in [0.29, 0.717) is 30.9 Å². The summed E-state index contributed by atoms with van der Waals surface area (Å²) >= 11 is 1.43. The Balaban J connectivity index is 2.06. The number of amides is 2. The minimum atomic E-state index is -0.141. The van der Waals surface area contributed by atoms with Gasteiger partial charge in [0.25, 0.3) is 11.8 Å². The van der Waals surface area contributed by atoms with E-state index in [2.05, 4.69) is 31.1 Å². The molecular weight excluding hydrogens is 370 g/mol. The summed E-state index contributed by atoms with van der Waals surface area (Å²) in [6, 6.07) is 7.81. The fraction of sp³-hybridized carbons (Fsp3) is 0.500. The highest BCUT2D eigenvalue weighted by molar-refractivity contribution is 7.09. The van der Waals surface area contributed by atoms with E-state index in [1.807, 2.05) is 29.2 Å². The van der Waals surface area contributed by atoms with Crippen LogP contribution >= 0.6 is 11.3 Å². The van der Waals surface area contributed by atoms with Gasteiger partial charge in [0.2, 0.25) is 0 Å². The number of hydrogen-bond donors (Lipinski definition) is 1. The van der Waals surface area contributed by atoms with Crippen molar-refractivity contribution in [2.75, 3.05) is 13.1 Å². The molecule has 28 heavy (non-hydrogen) atoms. The molecule has 1 N–H and O–H groups in total. The molecule has 0 aliphatic carbocycles. The molecule has 1 aromatic carbocycles. The van der Waals surface area contributed by atoms with Gasteiger partial charge < -0.3 is 10.2 Å². The van der Waals surface area contributed by atoms with Crippen molar-refractivity contribution >= 4 is 23.2 Å². The second kappa shape index (κ2) is 11.6. The third kappa shape index (κ3) is 6.44. The van der Waals surface area contributed by atoms with Crippen molar-refractivity contribution in [3.8, 4) is 0 Å². The molecule has 0 radical (unpaired) electrons. The second-order valence-electron chi connectivity index (χ2n) is 6.87. The first-order chi connectivity index (χ1) is 13.6. The Morgan fingerprint density at radius 3 is 2.43 bits per heavy atom. The average molecular weight is 402 g/mol. The summed E-state index contributed by atoms with van der Waals surface area (Å²) in [6.07, 6.45) is 4.90. The van der Waals surface area contributed by atoms with Gasteiger partial charge in [0.15, 0.2) is 0 Å². The first kappa shape index (κ1) is 22.1. The number of aromatic nitrogens is 1. The summed E-state index contributed by atoms with van der Waals surface area (Å²) in [5.41, 5.74) is 2.35. The lowest BCUT2D eigenvalue weighted by Gasteiger charge is -2.21. The van der Waals surface area contributed by atoms with Gasteiger partial charge in [0, 0.05) is 24.0 Å². The number of hydrogen-bond acceptors (Lipinski definition) is 4. The molecule has 0 unspecified atom stereocenters. The Kier molecular flexibility index (Phi) is 9.14. The molecule has 152 valence electrons. The number of carbonyl (C=O) groups is 2. The SMILES string of the molecule is CCCCNC(=O)c1csc(CN(CCCC)C(=O)c2ccc(CC)cc2)n1. The maximum absolute atomic E-state index is 13.0. The van der Waals surface area contributed by atoms with Gasteiger partial charge in [-0.15, -0.1) is 11.3 Å². The highest BCUT2D eigenvalue weighted by Crippen LogP contribution is 2.16. The summed E-state index contributed by atoms with van der Waals surface area (Å²) in [7, 11) is 0. The van der Waals surface area contributed by atoms with E-state index < -0.39 is 0 Å². The zero-order valence-corrected chi connectivity index (χ0v) is 18.0. The zero-order valence-electron chi connectivity index (χ0n) is 17.2. The highest BCUT2D eigenvalue weighted by atomic mass is 32.1. The van der Waals surface area contributed by atoms with Crippen LogP contribution in [0.15, 0.2) is 29.6 Å². The van der Waals surface area contributed by atoms with Crippen molar-refractivity contribution in [1.29, 1.82) is 0 Å². The molecule has 0 saturated carbocycles. The number of aryl methyl sites for hydroxylation is 1. The van der Waals surface area contributed by atoms with Crippen LogP contribution in [0.2, 0.25) is 0 Å². The van der Waals surface area contributed by atoms with Gasteiger partial charge in [-0.05, 0) is 37.0 Å². The van der Waals surface area contributed by atoms with Crippen LogP contribution in [-0.4, -0.2) is 34.8 Å². The molecule has 0 aliphatic rings. The van der Waals surface area contributed by atoms with Gasteiger partial charge in [0.1, 0.15) is 10.7 Å². The van der Waals surface area contributed by atoms with E-state index in [0.717, 1.165) is 37.1 Å². The molecule has 5 nitrogen and oxygen atoms in total. The molecule has 1 heterocycles. The zero-order chi connectivity index (χ0) is 20.4. The summed E-state index contributed by atoms with van der Waals surface area (Å²) in [5, 5.41) is 5.45. The molecule has 2 rings (SSSR count). The molecule has 0 fully saturated rings. The monoisotopic (exact) mass is 401 g/mol. The smallest absolute Gasteiger partial charge is 0.270 e. The lowest BCUT2D eigenvalue weighted by molar-refractivity contribution is 0.0740. The van der Waals surface area contributed by atoms with Gasteiger partial charge in [-0.1, -0.05) is 45.7 Å². The van der Waals surface area contributed by atoms with Gasteiger partial charge >= 0.3 is 0 Å². The van der Waals surface area contributed by atoms with Gasteiger partial charge in [-0.3, -0.25) is 9.59 Å². The van der Waals surface area contributed by atoms with Crippen LogP contribution in [0.4, 0.5) is 0 Å². The topological polar surface area (TPSA) is 62.3 Å². The fourth-order valence-corrected chi connectivity index (χ4v) is 3.58. The minimum Gasteiger partial charge on any atom is -0.351 e. The van der Waals surface area contributed by atoms with Crippen molar-refractivity contribution in [1.82, 2.24) is 15.2 Å². The molecule has 6 heteroatoms. The Labute approximate surface area is 172 Å². The van der Waals surface area contributed by atoms with Crippen molar-refractivity contribution < 1.29 is 9.59 Å². The molecule has 0 saturated heterocycles. The molecule has 1 aromatic heterocycles. The van der Waals surface area contributed by atoms with Crippen LogP contribution in [0.3, 0.4) is 0 Å². The Bertz CT molecular complexity index is 755. The highest BCUT2D eigenvalue weighted by Gasteiger charge is 2.18. The van der Waals surface area contributed by atoms with E-state index in [1.54, 1.807) is 5.38 Å². The predicted molar refractivity (Wildman–Crippen MR) is 115 cm³/mol. The predicted octanol–water partition coefficient (Wildman–Crippen LogP) is 4.68. The van der Waals surface area contributed by atoms with E-state index in [4.69, 9.17) is 0 Å². The molecule has 0 aliphatic heterocycles. The van der Waals surface area contributed by atoms with Crippen molar-refractivity contribution in [3.63, 3.8) is 0 Å². The summed E-state index contributed by atoms with van der Waals surface area (Å²) < 4.78 is 0. The molecule has 2 aromatic rings. The molecule has 0 spiro atoms. The lowest BCUT2D eigenvalue weighted by Crippen LogP contribution is -2.31. The number of thiazole rings is 1. The van der Waals surface area contributed by atoms with Gasteiger partial charge in [-0.25, -0.2) is 4.98 Å². The Hall–Kier alpha value is -2.21. The Morgan fingerprint density at radius 1 is 1.07 bits per heavy atom. The van der Waals surface area contributed by atoms with Crippen LogP contribution in [0, 0.1) is 0 Å². The van der Waals surface area contributed by atoms with Crippen LogP contribution in [0.25, 0.3) is 0 Å². The quantitative estimate of drug-likeness (QED) is 0.556. The van der Waals surface area contributed by atoms with Gasteiger partial charge in [-0.2, -0.15) is 0 Å². The van der Waals surface area contributed by atoms with E-state index in [1.165, 1.54) is 16.9 Å². The molecule has 0 atom stereocenters. The number of benzene rings is 1. The third-order valence-electron chi connectivity index (χ3n) is 4.60. The summed E-state index contributed by atoms with van der Waals surface area (Å²) in [4.78, 5) is 31.4. The van der Waals surface area contributed by atoms with E-state index in [-0.39, 0.29) is 11.8 Å². The largest absolute Gasteiger partial charge is 0.351 e. The lowest BCUT2D eigenvalue weighted by atomic mass is 10.1. The van der Waals surface area contributed by atoms with Crippen LogP contribution < -0.4 is 5.32 Å². The fourth-order valence-electron chi connectivity index (χ4n) is 2.79. The summed E-state index contributed by atoms with van der Waals surface area (Å²) in [6.45, 7) is 8.08. The maximum atomic E-state index is 13.0. The van der Waals surface area contributed by atoms with Crippen LogP contribution in [0.1, 0.15) is 77.9 Å². The minimum absolute atomic E-state index is 0.0141. The van der Waals surface area contributed by atoms with Crippen molar-refractivity contribution in [2.24, 2.45) is 0 Å². The first-order valence-electron chi connectivity index (χ1n) is 10.2. The standard InChI is InChI=1S/C22H31N3O2S/c1-4-7-13-23-21(26)19-16-28-20(24-19)15-25(14-8-5-2)22(27)18-11-9-17(6-3)10-12-18/h9-12,16H,4-8,13-15H2,1-3H3,(H,23,26). The Morgan fingerprint density at radius 2 is 1.79 bits per heavy atom. The molecule has 0 bridgehead atoms. The average Bonchev–Trinajstić information content (AvgIpc) is 3.19. The van der Waals surface area contributed by atoms with Crippen molar-refractivity contribution in [2.45, 2.75) is 59.4 Å². The number of carbonyl (C=O) groups excluding carboxylic acids is 2. The second-order valence-corrected chi connectivity index (χ2v) is 7.81. The maximum Gasteiger partial charge on any atom is 0.270 e. The third-order valence-corrected chi connectivity index (χ3v) is 5.44. The number of unbranched alkanes of at least 4 members (excludes halogenated alkanes) is 2. The van der Waals surface area contributed by atoms with Gasteiger partial charge in [0.05, 0.1) is 6.54 Å². The normalized spacial score (nSPS) is 10.7. The van der Waals surface area contributed by atoms with Crippen molar-refractivity contribution in [3.05, 3.63) is 51.5 Å². The van der Waals surface area contributed by atoms with Crippen LogP contribution in [-0.2, 0) is 13.0 Å². The first-order valence-corrected chi connectivity index (χ1v) is 11.1. The summed E-state index contributed by atoms with van der Waals surface area (Å²) in [5.74, 6) is -0.127. The van der Waals surface area contributed by atoms with E-state index >= 15 is 0 Å². The van der Waals surface area contributed by atoms with Crippen LogP contribution in [0.5, 0.6) is 0 Å². The van der Waals surface area contributed by atoms with E-state index in [9.17, 15) is 9.59 Å². The molecular formula is C22H31N3O2S. The number of nitrogens with one attached hydrogen (secondary N) is 1. The number of nitrogens with zero attached hydrogens (tertiary/aromatic N) is 2.